The van der Waals surface area contributed by atoms with Crippen molar-refractivity contribution in [1.82, 2.24) is 24.9 Å². The number of nitrogen functional groups attached to an aromatic ring is 1. The molecular formula is C10H10N6O. The zero-order valence-electron chi connectivity index (χ0n) is 8.87. The third-order valence-corrected chi connectivity index (χ3v) is 2.26. The third-order valence-electron chi connectivity index (χ3n) is 2.26. The molecule has 0 amide bonds. The molecule has 0 saturated heterocycles. The minimum absolute atomic E-state index is 0.408. The lowest BCUT2D eigenvalue weighted by Gasteiger charge is -1.93. The number of aromatic nitrogens is 5. The van der Waals surface area contributed by atoms with Gasteiger partial charge in [-0.3, -0.25) is 4.68 Å². The van der Waals surface area contributed by atoms with Gasteiger partial charge in [0.1, 0.15) is 6.54 Å². The molecule has 0 aromatic carbocycles. The van der Waals surface area contributed by atoms with E-state index in [4.69, 9.17) is 10.3 Å². The Morgan fingerprint density at radius 2 is 2.41 bits per heavy atom. The van der Waals surface area contributed by atoms with Crippen LogP contribution in [0.3, 0.4) is 0 Å². The van der Waals surface area contributed by atoms with Crippen LogP contribution in [0.25, 0.3) is 11.5 Å². The van der Waals surface area contributed by atoms with Gasteiger partial charge in [0, 0.05) is 12.4 Å². The molecule has 3 aromatic heterocycles. The van der Waals surface area contributed by atoms with Crippen LogP contribution in [0.5, 0.6) is 0 Å². The number of aromatic amines is 1. The highest BCUT2D eigenvalue weighted by molar-refractivity contribution is 5.47. The van der Waals surface area contributed by atoms with Crippen molar-refractivity contribution in [2.75, 3.05) is 5.73 Å². The lowest BCUT2D eigenvalue weighted by Crippen LogP contribution is -2.00. The standard InChI is InChI=1S/C10H10N6O/c11-7-4-13-16(5-7)6-9-14-10(15-17-9)8-2-1-3-12-8/h1-5,12H,6,11H2. The van der Waals surface area contributed by atoms with E-state index in [0.717, 1.165) is 5.69 Å². The number of nitrogens with zero attached hydrogens (tertiary/aromatic N) is 4. The molecule has 0 atom stereocenters. The number of anilines is 1. The maximum absolute atomic E-state index is 5.56. The fourth-order valence-electron chi connectivity index (χ4n) is 1.50. The average Bonchev–Trinajstić information content (AvgIpc) is 3.00. The van der Waals surface area contributed by atoms with Crippen LogP contribution in [0.1, 0.15) is 5.89 Å². The van der Waals surface area contributed by atoms with Crippen LogP contribution in [0.2, 0.25) is 0 Å². The molecule has 0 spiro atoms. The number of H-pyrrole nitrogens is 1. The SMILES string of the molecule is Nc1cnn(Cc2nc(-c3ccc[nH]3)no2)c1. The number of nitrogens with two attached hydrogens (primary N) is 1. The van der Waals surface area contributed by atoms with Crippen molar-refractivity contribution >= 4 is 5.69 Å². The minimum atomic E-state index is 0.408. The highest BCUT2D eigenvalue weighted by Gasteiger charge is 2.09. The van der Waals surface area contributed by atoms with Crippen LogP contribution in [-0.2, 0) is 6.54 Å². The maximum Gasteiger partial charge on any atom is 0.248 e. The van der Waals surface area contributed by atoms with Gasteiger partial charge in [0.25, 0.3) is 0 Å². The third kappa shape index (κ3) is 1.89. The summed E-state index contributed by atoms with van der Waals surface area (Å²) in [7, 11) is 0. The van der Waals surface area contributed by atoms with Crippen molar-refractivity contribution < 1.29 is 4.52 Å². The Morgan fingerprint density at radius 3 is 3.12 bits per heavy atom. The Hall–Kier alpha value is -2.57. The molecule has 86 valence electrons. The van der Waals surface area contributed by atoms with Gasteiger partial charge in [-0.2, -0.15) is 10.1 Å². The van der Waals surface area contributed by atoms with Crippen molar-refractivity contribution in [3.05, 3.63) is 36.6 Å². The van der Waals surface area contributed by atoms with E-state index in [2.05, 4.69) is 20.2 Å². The van der Waals surface area contributed by atoms with Crippen LogP contribution in [-0.4, -0.2) is 24.9 Å². The van der Waals surface area contributed by atoms with E-state index >= 15 is 0 Å². The summed E-state index contributed by atoms with van der Waals surface area (Å²) in [6.07, 6.45) is 5.08. The summed E-state index contributed by atoms with van der Waals surface area (Å²) in [5, 5.41) is 7.91. The van der Waals surface area contributed by atoms with Crippen LogP contribution in [0, 0.1) is 0 Å². The molecule has 0 saturated carbocycles. The fraction of sp³-hybridized carbons (Fsp3) is 0.100. The summed E-state index contributed by atoms with van der Waals surface area (Å²) in [5.41, 5.74) is 6.98. The topological polar surface area (TPSA) is 98.5 Å². The maximum atomic E-state index is 5.56. The van der Waals surface area contributed by atoms with Crippen molar-refractivity contribution in [2.24, 2.45) is 0 Å². The molecule has 3 rings (SSSR count). The monoisotopic (exact) mass is 230 g/mol. The summed E-state index contributed by atoms with van der Waals surface area (Å²) < 4.78 is 6.76. The van der Waals surface area contributed by atoms with Gasteiger partial charge in [-0.05, 0) is 12.1 Å². The molecule has 0 bridgehead atoms. The predicted molar refractivity (Wildman–Crippen MR) is 59.8 cm³/mol. The molecule has 0 fully saturated rings. The molecule has 0 aliphatic rings. The molecule has 0 radical (unpaired) electrons. The lowest BCUT2D eigenvalue weighted by molar-refractivity contribution is 0.366. The molecule has 0 aliphatic heterocycles. The summed E-state index contributed by atoms with van der Waals surface area (Å²) in [5.74, 6) is 1.02. The van der Waals surface area contributed by atoms with E-state index in [9.17, 15) is 0 Å². The predicted octanol–water partition coefficient (Wildman–Crippen LogP) is 0.892. The second-order valence-corrected chi connectivity index (χ2v) is 3.57. The van der Waals surface area contributed by atoms with Gasteiger partial charge in [0.2, 0.25) is 11.7 Å². The molecule has 7 nitrogen and oxygen atoms in total. The Morgan fingerprint density at radius 1 is 1.47 bits per heavy atom. The summed E-state index contributed by atoms with van der Waals surface area (Å²) in [6.45, 7) is 0.408. The highest BCUT2D eigenvalue weighted by Crippen LogP contribution is 2.13. The smallest absolute Gasteiger partial charge is 0.248 e. The summed E-state index contributed by atoms with van der Waals surface area (Å²) in [4.78, 5) is 7.25. The van der Waals surface area contributed by atoms with Crippen molar-refractivity contribution in [3.8, 4) is 11.5 Å². The Labute approximate surface area is 96.3 Å². The van der Waals surface area contributed by atoms with Crippen LogP contribution in [0.15, 0.2) is 35.2 Å². The Kier molecular flexibility index (Phi) is 2.14. The molecule has 0 aliphatic carbocycles. The van der Waals surface area contributed by atoms with Crippen molar-refractivity contribution in [2.45, 2.75) is 6.54 Å². The highest BCUT2D eigenvalue weighted by atomic mass is 16.5. The quantitative estimate of drug-likeness (QED) is 0.696. The minimum Gasteiger partial charge on any atom is -0.396 e. The first-order chi connectivity index (χ1) is 8.31. The van der Waals surface area contributed by atoms with Gasteiger partial charge in [-0.1, -0.05) is 5.16 Å². The Balaban J connectivity index is 1.81. The number of rotatable bonds is 3. The van der Waals surface area contributed by atoms with Crippen LogP contribution < -0.4 is 5.73 Å². The number of hydrogen-bond donors (Lipinski definition) is 2. The van der Waals surface area contributed by atoms with E-state index in [1.165, 1.54) is 0 Å². The van der Waals surface area contributed by atoms with Crippen LogP contribution in [0.4, 0.5) is 5.69 Å². The first kappa shape index (κ1) is 9.64. The molecule has 3 aromatic rings. The van der Waals surface area contributed by atoms with E-state index in [1.54, 1.807) is 23.3 Å². The van der Waals surface area contributed by atoms with Gasteiger partial charge >= 0.3 is 0 Å². The van der Waals surface area contributed by atoms with E-state index in [-0.39, 0.29) is 0 Å². The van der Waals surface area contributed by atoms with Gasteiger partial charge in [-0.25, -0.2) is 0 Å². The van der Waals surface area contributed by atoms with Crippen LogP contribution >= 0.6 is 0 Å². The van der Waals surface area contributed by atoms with Crippen molar-refractivity contribution in [3.63, 3.8) is 0 Å². The first-order valence-corrected chi connectivity index (χ1v) is 5.05. The largest absolute Gasteiger partial charge is 0.396 e. The average molecular weight is 230 g/mol. The van der Waals surface area contributed by atoms with E-state index in [0.29, 0.717) is 23.9 Å². The van der Waals surface area contributed by atoms with E-state index < -0.39 is 0 Å². The molecular weight excluding hydrogens is 220 g/mol. The number of nitrogens with one attached hydrogen (secondary N) is 1. The van der Waals surface area contributed by atoms with Gasteiger partial charge in [0.15, 0.2) is 0 Å². The summed E-state index contributed by atoms with van der Waals surface area (Å²) >= 11 is 0. The Bertz CT molecular complexity index is 608. The lowest BCUT2D eigenvalue weighted by atomic mass is 10.4. The fourth-order valence-corrected chi connectivity index (χ4v) is 1.50. The second kappa shape index (κ2) is 3.78. The number of hydrogen-bond acceptors (Lipinski definition) is 5. The van der Waals surface area contributed by atoms with Crippen molar-refractivity contribution in [1.29, 1.82) is 0 Å². The first-order valence-electron chi connectivity index (χ1n) is 5.05. The molecule has 7 heteroatoms. The van der Waals surface area contributed by atoms with Gasteiger partial charge in [-0.15, -0.1) is 0 Å². The zero-order valence-corrected chi connectivity index (χ0v) is 8.87. The van der Waals surface area contributed by atoms with Gasteiger partial charge < -0.3 is 15.2 Å². The van der Waals surface area contributed by atoms with Gasteiger partial charge in [0.05, 0.1) is 17.6 Å². The molecule has 3 N–H and O–H groups in total. The molecule has 3 heterocycles. The molecule has 17 heavy (non-hydrogen) atoms. The van der Waals surface area contributed by atoms with E-state index in [1.807, 2.05) is 12.1 Å². The normalized spacial score (nSPS) is 10.8. The zero-order chi connectivity index (χ0) is 11.7. The molecule has 0 unspecified atom stereocenters. The second-order valence-electron chi connectivity index (χ2n) is 3.57. The summed E-state index contributed by atoms with van der Waals surface area (Å²) in [6, 6.07) is 3.75.